The number of nitrogens with one attached hydrogen (secondary N) is 3. The minimum absolute atomic E-state index is 0.00993. The first-order valence-electron chi connectivity index (χ1n) is 7.47. The lowest BCUT2D eigenvalue weighted by Gasteiger charge is -2.10. The summed E-state index contributed by atoms with van der Waals surface area (Å²) in [6.07, 6.45) is 3.02. The molecule has 0 saturated heterocycles. The Balaban J connectivity index is 1.82. The normalized spacial score (nSPS) is 10.2. The Kier molecular flexibility index (Phi) is 7.54. The Morgan fingerprint density at radius 2 is 1.85 bits per heavy atom. The second-order valence-corrected chi connectivity index (χ2v) is 6.56. The number of thiocarbonyl (C=S) groups is 1. The quantitative estimate of drug-likeness (QED) is 0.271. The Labute approximate surface area is 170 Å². The van der Waals surface area contributed by atoms with Crippen LogP contribution in [0.2, 0.25) is 0 Å². The molecule has 0 aromatic heterocycles. The summed E-state index contributed by atoms with van der Waals surface area (Å²) in [5.41, 5.74) is 6.24. The highest BCUT2D eigenvalue weighted by Gasteiger charge is 2.09. The van der Waals surface area contributed by atoms with E-state index in [2.05, 4.69) is 38.8 Å². The van der Waals surface area contributed by atoms with Crippen LogP contribution in [-0.2, 0) is 4.79 Å². The third-order valence-electron chi connectivity index (χ3n) is 3.17. The zero-order chi connectivity index (χ0) is 18.9. The van der Waals surface area contributed by atoms with E-state index in [1.807, 2.05) is 30.3 Å². The van der Waals surface area contributed by atoms with Crippen LogP contribution in [0, 0.1) is 3.57 Å². The van der Waals surface area contributed by atoms with Crippen LogP contribution >= 0.6 is 34.8 Å². The molecule has 0 bridgehead atoms. The summed E-state index contributed by atoms with van der Waals surface area (Å²) >= 11 is 7.06. The molecule has 2 aromatic carbocycles. The van der Waals surface area contributed by atoms with Crippen molar-refractivity contribution in [2.75, 3.05) is 7.11 Å². The molecule has 2 aromatic rings. The zero-order valence-corrected chi connectivity index (χ0v) is 16.8. The van der Waals surface area contributed by atoms with Gasteiger partial charge in [-0.05, 0) is 64.6 Å². The van der Waals surface area contributed by atoms with E-state index < -0.39 is 5.91 Å². The van der Waals surface area contributed by atoms with Crippen LogP contribution < -0.4 is 20.9 Å². The predicted molar refractivity (Wildman–Crippen MR) is 113 cm³/mol. The molecule has 0 saturated carbocycles. The van der Waals surface area contributed by atoms with Crippen molar-refractivity contribution in [3.05, 3.63) is 69.3 Å². The van der Waals surface area contributed by atoms with Crippen molar-refractivity contribution in [3.63, 3.8) is 0 Å². The van der Waals surface area contributed by atoms with Gasteiger partial charge >= 0.3 is 0 Å². The molecule has 0 aliphatic carbocycles. The molecule has 0 atom stereocenters. The monoisotopic (exact) mass is 481 g/mol. The van der Waals surface area contributed by atoms with Crippen LogP contribution in [0.25, 0.3) is 6.08 Å². The molecule has 0 fully saturated rings. The van der Waals surface area contributed by atoms with Crippen molar-refractivity contribution in [3.8, 4) is 5.75 Å². The summed E-state index contributed by atoms with van der Waals surface area (Å²) in [5, 5.41) is 2.44. The minimum atomic E-state index is -0.403. The molecule has 8 heteroatoms. The van der Waals surface area contributed by atoms with Gasteiger partial charge in [0.1, 0.15) is 5.75 Å². The number of ether oxygens (including phenoxy) is 1. The molecule has 0 spiro atoms. The third kappa shape index (κ3) is 6.12. The second kappa shape index (κ2) is 9.88. The van der Waals surface area contributed by atoms with Gasteiger partial charge in [-0.15, -0.1) is 0 Å². The van der Waals surface area contributed by atoms with E-state index in [9.17, 15) is 9.59 Å². The van der Waals surface area contributed by atoms with Gasteiger partial charge in [0, 0.05) is 11.6 Å². The molecule has 0 heterocycles. The molecular formula is C18H16IN3O3S. The van der Waals surface area contributed by atoms with E-state index >= 15 is 0 Å². The first-order chi connectivity index (χ1) is 12.5. The van der Waals surface area contributed by atoms with Gasteiger partial charge in [-0.25, -0.2) is 0 Å². The highest BCUT2D eigenvalue weighted by molar-refractivity contribution is 14.1. The molecule has 0 unspecified atom stereocenters. The number of rotatable bonds is 4. The molecule has 134 valence electrons. The van der Waals surface area contributed by atoms with E-state index in [0.29, 0.717) is 11.3 Å². The van der Waals surface area contributed by atoms with Gasteiger partial charge in [-0.1, -0.05) is 30.3 Å². The van der Waals surface area contributed by atoms with E-state index in [4.69, 9.17) is 17.0 Å². The third-order valence-corrected chi connectivity index (χ3v) is 4.21. The number of amides is 2. The molecule has 0 radical (unpaired) electrons. The van der Waals surface area contributed by atoms with Crippen LogP contribution in [0.4, 0.5) is 0 Å². The van der Waals surface area contributed by atoms with Gasteiger partial charge in [0.15, 0.2) is 5.11 Å². The van der Waals surface area contributed by atoms with E-state index in [1.54, 1.807) is 31.4 Å². The van der Waals surface area contributed by atoms with Crippen molar-refractivity contribution < 1.29 is 14.3 Å². The summed E-state index contributed by atoms with van der Waals surface area (Å²) in [6.45, 7) is 0. The molecule has 0 aliphatic heterocycles. The Morgan fingerprint density at radius 1 is 1.12 bits per heavy atom. The summed E-state index contributed by atoms with van der Waals surface area (Å²) in [6, 6.07) is 14.4. The fraction of sp³-hybridized carbons (Fsp3) is 0.0556. The van der Waals surface area contributed by atoms with Crippen LogP contribution in [0.3, 0.4) is 0 Å². The fourth-order valence-corrected chi connectivity index (χ4v) is 2.80. The highest BCUT2D eigenvalue weighted by atomic mass is 127. The number of hydrogen-bond donors (Lipinski definition) is 3. The van der Waals surface area contributed by atoms with E-state index in [0.717, 1.165) is 9.13 Å². The van der Waals surface area contributed by atoms with Crippen LogP contribution in [0.5, 0.6) is 5.75 Å². The van der Waals surface area contributed by atoms with Crippen molar-refractivity contribution in [1.29, 1.82) is 0 Å². The number of carbonyl (C=O) groups is 2. The SMILES string of the molecule is COc1ccc(C(=O)NNC(=S)NC(=O)C=Cc2ccccc2)cc1I. The minimum Gasteiger partial charge on any atom is -0.496 e. The number of hydrazine groups is 1. The van der Waals surface area contributed by atoms with E-state index in [-0.39, 0.29) is 11.0 Å². The average molecular weight is 481 g/mol. The maximum Gasteiger partial charge on any atom is 0.269 e. The maximum atomic E-state index is 12.1. The Morgan fingerprint density at radius 3 is 2.50 bits per heavy atom. The first kappa shape index (κ1) is 19.9. The second-order valence-electron chi connectivity index (χ2n) is 4.99. The number of carbonyl (C=O) groups excluding carboxylic acids is 2. The lowest BCUT2D eigenvalue weighted by molar-refractivity contribution is -0.115. The van der Waals surface area contributed by atoms with Gasteiger partial charge in [-0.3, -0.25) is 25.8 Å². The molecule has 0 aliphatic rings. The standard InChI is InChI=1S/C18H16IN3O3S/c1-25-15-9-8-13(11-14(15)19)17(24)21-22-18(26)20-16(23)10-7-12-5-3-2-4-6-12/h2-11H,1H3,(H,21,24)(H2,20,22,23,26). The summed E-state index contributed by atoms with van der Waals surface area (Å²) in [5.74, 6) is -0.107. The van der Waals surface area contributed by atoms with Gasteiger partial charge in [0.2, 0.25) is 5.91 Å². The lowest BCUT2D eigenvalue weighted by atomic mass is 10.2. The van der Waals surface area contributed by atoms with Crippen molar-refractivity contribution in [1.82, 2.24) is 16.2 Å². The molecular weight excluding hydrogens is 465 g/mol. The molecule has 6 nitrogen and oxygen atoms in total. The molecule has 2 rings (SSSR count). The van der Waals surface area contributed by atoms with Gasteiger partial charge < -0.3 is 4.74 Å². The van der Waals surface area contributed by atoms with Crippen molar-refractivity contribution in [2.24, 2.45) is 0 Å². The number of hydrogen-bond acceptors (Lipinski definition) is 4. The predicted octanol–water partition coefficient (Wildman–Crippen LogP) is 2.65. The molecule has 3 N–H and O–H groups in total. The zero-order valence-electron chi connectivity index (χ0n) is 13.8. The van der Waals surface area contributed by atoms with Gasteiger partial charge in [0.25, 0.3) is 5.91 Å². The largest absolute Gasteiger partial charge is 0.496 e. The average Bonchev–Trinajstić information content (AvgIpc) is 2.65. The van der Waals surface area contributed by atoms with Crippen LogP contribution in [0.15, 0.2) is 54.6 Å². The van der Waals surface area contributed by atoms with Gasteiger partial charge in [-0.2, -0.15) is 0 Å². The van der Waals surface area contributed by atoms with E-state index in [1.165, 1.54) is 6.08 Å². The molecule has 2 amide bonds. The van der Waals surface area contributed by atoms with Crippen molar-refractivity contribution >= 4 is 57.8 Å². The van der Waals surface area contributed by atoms with Crippen LogP contribution in [-0.4, -0.2) is 24.0 Å². The maximum absolute atomic E-state index is 12.1. The number of benzene rings is 2. The number of halogens is 1. The Hall–Kier alpha value is -2.46. The summed E-state index contributed by atoms with van der Waals surface area (Å²) in [4.78, 5) is 23.9. The van der Waals surface area contributed by atoms with Crippen LogP contribution in [0.1, 0.15) is 15.9 Å². The smallest absolute Gasteiger partial charge is 0.269 e. The first-order valence-corrected chi connectivity index (χ1v) is 8.96. The van der Waals surface area contributed by atoms with Crippen molar-refractivity contribution in [2.45, 2.75) is 0 Å². The fourth-order valence-electron chi connectivity index (χ4n) is 1.91. The lowest BCUT2D eigenvalue weighted by Crippen LogP contribution is -2.48. The Bertz CT molecular complexity index is 841. The molecule has 26 heavy (non-hydrogen) atoms. The summed E-state index contributed by atoms with van der Waals surface area (Å²) < 4.78 is 5.95. The topological polar surface area (TPSA) is 79.5 Å². The highest BCUT2D eigenvalue weighted by Crippen LogP contribution is 2.21. The van der Waals surface area contributed by atoms with Gasteiger partial charge in [0.05, 0.1) is 10.7 Å². The number of methoxy groups -OCH3 is 1. The summed E-state index contributed by atoms with van der Waals surface area (Å²) in [7, 11) is 1.56.